The molecule has 11 heavy (non-hydrogen) atoms. The minimum atomic E-state index is -0.135. The van der Waals surface area contributed by atoms with E-state index in [1.807, 2.05) is 6.08 Å². The highest BCUT2D eigenvalue weighted by Crippen LogP contribution is 2.33. The van der Waals surface area contributed by atoms with Crippen LogP contribution in [-0.2, 0) is 4.79 Å². The SMILES string of the molecule is O=C1[C@H]2CCC=C[C@H]2N1CO. The highest BCUT2D eigenvalue weighted by molar-refractivity contribution is 5.86. The Kier molecular flexibility index (Phi) is 1.46. The molecule has 1 aliphatic heterocycles. The first-order valence-corrected chi connectivity index (χ1v) is 3.92. The predicted octanol–water partition coefficient (Wildman–Crippen LogP) is 0.113. The van der Waals surface area contributed by atoms with Crippen LogP contribution in [0.3, 0.4) is 0 Å². The fourth-order valence-electron chi connectivity index (χ4n) is 1.85. The minimum absolute atomic E-state index is 0.113. The monoisotopic (exact) mass is 153 g/mol. The third-order valence-electron chi connectivity index (χ3n) is 2.50. The van der Waals surface area contributed by atoms with E-state index in [0.29, 0.717) is 0 Å². The molecule has 2 atom stereocenters. The van der Waals surface area contributed by atoms with E-state index in [1.54, 1.807) is 0 Å². The Bertz CT molecular complexity index is 212. The van der Waals surface area contributed by atoms with Gasteiger partial charge in [0.2, 0.25) is 5.91 Å². The van der Waals surface area contributed by atoms with Crippen LogP contribution in [0.2, 0.25) is 0 Å². The van der Waals surface area contributed by atoms with E-state index in [2.05, 4.69) is 6.08 Å². The lowest BCUT2D eigenvalue weighted by molar-refractivity contribution is -0.160. The average molecular weight is 153 g/mol. The van der Waals surface area contributed by atoms with Gasteiger partial charge in [0, 0.05) is 0 Å². The van der Waals surface area contributed by atoms with Gasteiger partial charge < -0.3 is 10.0 Å². The molecule has 0 spiro atoms. The summed E-state index contributed by atoms with van der Waals surface area (Å²) in [7, 11) is 0. The smallest absolute Gasteiger partial charge is 0.230 e. The fraction of sp³-hybridized carbons (Fsp3) is 0.625. The molecule has 3 nitrogen and oxygen atoms in total. The van der Waals surface area contributed by atoms with E-state index in [0.717, 1.165) is 12.8 Å². The van der Waals surface area contributed by atoms with Crippen molar-refractivity contribution in [1.29, 1.82) is 0 Å². The van der Waals surface area contributed by atoms with Crippen molar-refractivity contribution in [1.82, 2.24) is 4.90 Å². The van der Waals surface area contributed by atoms with Crippen LogP contribution in [0.15, 0.2) is 12.2 Å². The number of likely N-dealkylation sites (tertiary alicyclic amines) is 1. The van der Waals surface area contributed by atoms with Crippen LogP contribution < -0.4 is 0 Å². The molecular formula is C8H11NO2. The lowest BCUT2D eigenvalue weighted by Crippen LogP contribution is -2.60. The number of rotatable bonds is 1. The number of carbonyl (C=O) groups excluding carboxylic acids is 1. The van der Waals surface area contributed by atoms with Crippen LogP contribution in [0.1, 0.15) is 12.8 Å². The summed E-state index contributed by atoms with van der Waals surface area (Å²) in [5, 5.41) is 8.77. The Hall–Kier alpha value is -0.830. The Morgan fingerprint density at radius 2 is 2.55 bits per heavy atom. The number of carbonyl (C=O) groups is 1. The molecule has 2 aliphatic rings. The van der Waals surface area contributed by atoms with Gasteiger partial charge in [-0.2, -0.15) is 0 Å². The highest BCUT2D eigenvalue weighted by atomic mass is 16.3. The Morgan fingerprint density at radius 1 is 1.73 bits per heavy atom. The molecule has 1 saturated heterocycles. The van der Waals surface area contributed by atoms with Crippen molar-refractivity contribution in [3.8, 4) is 0 Å². The summed E-state index contributed by atoms with van der Waals surface area (Å²) >= 11 is 0. The summed E-state index contributed by atoms with van der Waals surface area (Å²) in [6, 6.07) is 0.196. The molecule has 1 amide bonds. The maximum absolute atomic E-state index is 11.2. The van der Waals surface area contributed by atoms with Crippen LogP contribution in [-0.4, -0.2) is 28.7 Å². The summed E-state index contributed by atoms with van der Waals surface area (Å²) in [6.45, 7) is -0.135. The molecule has 0 aromatic rings. The van der Waals surface area contributed by atoms with Gasteiger partial charge in [0.15, 0.2) is 0 Å². The standard InChI is InChI=1S/C8H11NO2/c10-5-9-7-4-2-1-3-6(7)8(9)11/h2,4,6-7,10H,1,3,5H2/t6-,7+/m0/s1. The molecule has 1 N–H and O–H groups in total. The third kappa shape index (κ3) is 0.807. The van der Waals surface area contributed by atoms with Crippen molar-refractivity contribution in [3.63, 3.8) is 0 Å². The third-order valence-corrected chi connectivity index (χ3v) is 2.50. The summed E-state index contributed by atoms with van der Waals surface area (Å²) < 4.78 is 0. The number of allylic oxidation sites excluding steroid dienone is 1. The van der Waals surface area contributed by atoms with Gasteiger partial charge in [-0.3, -0.25) is 4.79 Å². The molecule has 2 rings (SSSR count). The molecule has 1 aliphatic carbocycles. The van der Waals surface area contributed by atoms with E-state index in [-0.39, 0.29) is 24.6 Å². The van der Waals surface area contributed by atoms with Crippen molar-refractivity contribution in [3.05, 3.63) is 12.2 Å². The van der Waals surface area contributed by atoms with Crippen LogP contribution in [0.5, 0.6) is 0 Å². The number of nitrogens with zero attached hydrogens (tertiary/aromatic N) is 1. The van der Waals surface area contributed by atoms with E-state index in [4.69, 9.17) is 5.11 Å². The molecule has 0 aromatic carbocycles. The molecule has 3 heteroatoms. The quantitative estimate of drug-likeness (QED) is 0.429. The van der Waals surface area contributed by atoms with Crippen molar-refractivity contribution < 1.29 is 9.90 Å². The van der Waals surface area contributed by atoms with Gasteiger partial charge in [0.1, 0.15) is 6.73 Å². The van der Waals surface area contributed by atoms with E-state index >= 15 is 0 Å². The number of amides is 1. The summed E-state index contributed by atoms with van der Waals surface area (Å²) in [4.78, 5) is 12.7. The number of aliphatic hydroxyl groups is 1. The molecular weight excluding hydrogens is 142 g/mol. The van der Waals surface area contributed by atoms with Gasteiger partial charge in [0.25, 0.3) is 0 Å². The van der Waals surface area contributed by atoms with E-state index in [9.17, 15) is 4.79 Å². The van der Waals surface area contributed by atoms with Gasteiger partial charge >= 0.3 is 0 Å². The normalized spacial score (nSPS) is 35.0. The Morgan fingerprint density at radius 3 is 3.27 bits per heavy atom. The molecule has 1 fully saturated rings. The second-order valence-corrected chi connectivity index (χ2v) is 3.05. The number of β-lactam (4-membered cyclic amide) rings is 1. The molecule has 0 saturated carbocycles. The van der Waals surface area contributed by atoms with Crippen LogP contribution in [0.25, 0.3) is 0 Å². The first-order valence-electron chi connectivity index (χ1n) is 3.92. The molecule has 0 bridgehead atoms. The minimum Gasteiger partial charge on any atom is -0.376 e. The van der Waals surface area contributed by atoms with Crippen LogP contribution in [0.4, 0.5) is 0 Å². The molecule has 0 aromatic heterocycles. The zero-order valence-corrected chi connectivity index (χ0v) is 6.23. The van der Waals surface area contributed by atoms with Crippen molar-refractivity contribution in [2.45, 2.75) is 18.9 Å². The summed E-state index contributed by atoms with van der Waals surface area (Å²) in [5.41, 5.74) is 0. The molecule has 1 heterocycles. The number of hydrogen-bond donors (Lipinski definition) is 1. The van der Waals surface area contributed by atoms with Gasteiger partial charge in [0.05, 0.1) is 12.0 Å². The van der Waals surface area contributed by atoms with Gasteiger partial charge in [-0.15, -0.1) is 0 Å². The highest BCUT2D eigenvalue weighted by Gasteiger charge is 2.45. The maximum Gasteiger partial charge on any atom is 0.230 e. The van der Waals surface area contributed by atoms with Crippen molar-refractivity contribution >= 4 is 5.91 Å². The van der Waals surface area contributed by atoms with Gasteiger partial charge in [-0.05, 0) is 12.8 Å². The van der Waals surface area contributed by atoms with Crippen LogP contribution in [0, 0.1) is 5.92 Å². The second kappa shape index (κ2) is 2.34. The molecule has 60 valence electrons. The number of hydrogen-bond acceptors (Lipinski definition) is 2. The lowest BCUT2D eigenvalue weighted by atomic mass is 9.80. The van der Waals surface area contributed by atoms with Crippen molar-refractivity contribution in [2.24, 2.45) is 5.92 Å². The zero-order chi connectivity index (χ0) is 7.84. The fourth-order valence-corrected chi connectivity index (χ4v) is 1.85. The van der Waals surface area contributed by atoms with Gasteiger partial charge in [-0.25, -0.2) is 0 Å². The average Bonchev–Trinajstić information content (AvgIpc) is 2.05. The number of aliphatic hydroxyl groups excluding tert-OH is 1. The first-order chi connectivity index (χ1) is 5.34. The van der Waals surface area contributed by atoms with Gasteiger partial charge in [-0.1, -0.05) is 12.2 Å². The summed E-state index contributed by atoms with van der Waals surface area (Å²) in [6.07, 6.45) is 6.06. The Labute approximate surface area is 65.3 Å². The first kappa shape index (κ1) is 6.85. The predicted molar refractivity (Wildman–Crippen MR) is 39.6 cm³/mol. The zero-order valence-electron chi connectivity index (χ0n) is 6.23. The van der Waals surface area contributed by atoms with Crippen LogP contribution >= 0.6 is 0 Å². The largest absolute Gasteiger partial charge is 0.376 e. The second-order valence-electron chi connectivity index (χ2n) is 3.05. The number of fused-ring (bicyclic) bond motifs is 1. The Balaban J connectivity index is 2.13. The molecule has 0 unspecified atom stereocenters. The van der Waals surface area contributed by atoms with E-state index in [1.165, 1.54) is 4.90 Å². The maximum atomic E-state index is 11.2. The lowest BCUT2D eigenvalue weighted by Gasteiger charge is -2.46. The summed E-state index contributed by atoms with van der Waals surface area (Å²) in [5.74, 6) is 0.286. The topological polar surface area (TPSA) is 40.5 Å². The van der Waals surface area contributed by atoms with E-state index < -0.39 is 0 Å². The van der Waals surface area contributed by atoms with Crippen molar-refractivity contribution in [2.75, 3.05) is 6.73 Å². The molecule has 0 radical (unpaired) electrons.